The number of nitrogens with one attached hydrogen (secondary N) is 3. The molecule has 1 aliphatic heterocycles. The van der Waals surface area contributed by atoms with Crippen LogP contribution >= 0.6 is 0 Å². The Morgan fingerprint density at radius 2 is 1.96 bits per heavy atom. The summed E-state index contributed by atoms with van der Waals surface area (Å²) in [7, 11) is 0. The quantitative estimate of drug-likeness (QED) is 0.791. The number of rotatable bonds is 5. The predicted molar refractivity (Wildman–Crippen MR) is 91.4 cm³/mol. The van der Waals surface area contributed by atoms with Crippen LogP contribution in [0, 0.1) is 11.7 Å². The third kappa shape index (κ3) is 3.63. The van der Waals surface area contributed by atoms with E-state index in [1.54, 1.807) is 18.2 Å². The summed E-state index contributed by atoms with van der Waals surface area (Å²) < 4.78 is 13.7. The van der Waals surface area contributed by atoms with Gasteiger partial charge in [0.2, 0.25) is 5.91 Å². The first-order valence-electron chi connectivity index (χ1n) is 8.27. The lowest BCUT2D eigenvalue weighted by Gasteiger charge is -2.19. The monoisotopic (exact) mass is 327 g/mol. The van der Waals surface area contributed by atoms with Crippen LogP contribution in [0.15, 0.2) is 48.5 Å². The third-order valence-electron chi connectivity index (χ3n) is 4.48. The van der Waals surface area contributed by atoms with E-state index in [1.165, 1.54) is 11.6 Å². The number of benzene rings is 2. The highest BCUT2D eigenvalue weighted by Gasteiger charge is 2.33. The van der Waals surface area contributed by atoms with Crippen LogP contribution in [0.4, 0.5) is 4.39 Å². The first-order valence-corrected chi connectivity index (χ1v) is 8.27. The van der Waals surface area contributed by atoms with Gasteiger partial charge in [0.25, 0.3) is 0 Å². The van der Waals surface area contributed by atoms with Gasteiger partial charge in [-0.05, 0) is 23.6 Å². The SMILES string of the molecule is CCc1ccc(C2NNCC2C(=O)NCc2ccccc2F)cc1. The lowest BCUT2D eigenvalue weighted by molar-refractivity contribution is -0.125. The van der Waals surface area contributed by atoms with Gasteiger partial charge in [0.15, 0.2) is 0 Å². The minimum Gasteiger partial charge on any atom is -0.352 e. The number of hydrogen-bond acceptors (Lipinski definition) is 3. The Morgan fingerprint density at radius 1 is 1.21 bits per heavy atom. The second kappa shape index (κ2) is 7.55. The summed E-state index contributed by atoms with van der Waals surface area (Å²) in [5.74, 6) is -0.614. The third-order valence-corrected chi connectivity index (χ3v) is 4.48. The molecule has 2 atom stereocenters. The van der Waals surface area contributed by atoms with Crippen molar-refractivity contribution >= 4 is 5.91 Å². The molecule has 0 spiro atoms. The molecular formula is C19H22FN3O. The summed E-state index contributed by atoms with van der Waals surface area (Å²) >= 11 is 0. The molecule has 3 rings (SSSR count). The van der Waals surface area contributed by atoms with Gasteiger partial charge in [0, 0.05) is 18.7 Å². The highest BCUT2D eigenvalue weighted by atomic mass is 19.1. The van der Waals surface area contributed by atoms with Crippen molar-refractivity contribution in [1.82, 2.24) is 16.2 Å². The normalized spacial score (nSPS) is 20.1. The average molecular weight is 327 g/mol. The van der Waals surface area contributed by atoms with Crippen LogP contribution in [0.1, 0.15) is 29.7 Å². The molecule has 5 heteroatoms. The van der Waals surface area contributed by atoms with Crippen LogP contribution in [0.3, 0.4) is 0 Å². The Bertz CT molecular complexity index is 702. The summed E-state index contributed by atoms with van der Waals surface area (Å²) in [6.07, 6.45) is 0.989. The van der Waals surface area contributed by atoms with Gasteiger partial charge in [-0.1, -0.05) is 49.4 Å². The smallest absolute Gasteiger partial charge is 0.226 e. The Hall–Kier alpha value is -2.24. The van der Waals surface area contributed by atoms with E-state index in [4.69, 9.17) is 0 Å². The van der Waals surface area contributed by atoms with Gasteiger partial charge in [-0.2, -0.15) is 0 Å². The minimum atomic E-state index is -0.299. The number of carbonyl (C=O) groups excluding carboxylic acids is 1. The van der Waals surface area contributed by atoms with Crippen molar-refractivity contribution in [1.29, 1.82) is 0 Å². The fraction of sp³-hybridized carbons (Fsp3) is 0.316. The summed E-state index contributed by atoms with van der Waals surface area (Å²) in [6, 6.07) is 14.7. The van der Waals surface area contributed by atoms with E-state index in [-0.39, 0.29) is 30.2 Å². The zero-order chi connectivity index (χ0) is 16.9. The molecule has 0 bridgehead atoms. The molecule has 4 nitrogen and oxygen atoms in total. The molecule has 0 radical (unpaired) electrons. The van der Waals surface area contributed by atoms with Crippen molar-refractivity contribution in [2.75, 3.05) is 6.54 Å². The largest absolute Gasteiger partial charge is 0.352 e. The van der Waals surface area contributed by atoms with Crippen molar-refractivity contribution in [3.63, 3.8) is 0 Å². The molecule has 1 aliphatic rings. The van der Waals surface area contributed by atoms with Gasteiger partial charge in [-0.15, -0.1) is 0 Å². The van der Waals surface area contributed by atoms with Crippen LogP contribution in [0.5, 0.6) is 0 Å². The van der Waals surface area contributed by atoms with Crippen molar-refractivity contribution in [3.05, 3.63) is 71.0 Å². The maximum atomic E-state index is 13.7. The molecular weight excluding hydrogens is 305 g/mol. The molecule has 0 saturated carbocycles. The zero-order valence-electron chi connectivity index (χ0n) is 13.7. The van der Waals surface area contributed by atoms with E-state index in [9.17, 15) is 9.18 Å². The van der Waals surface area contributed by atoms with Crippen LogP contribution in [-0.4, -0.2) is 12.5 Å². The maximum Gasteiger partial charge on any atom is 0.226 e. The van der Waals surface area contributed by atoms with Crippen molar-refractivity contribution < 1.29 is 9.18 Å². The molecule has 24 heavy (non-hydrogen) atoms. The highest BCUT2D eigenvalue weighted by Crippen LogP contribution is 2.25. The van der Waals surface area contributed by atoms with Crippen LogP contribution in [-0.2, 0) is 17.8 Å². The zero-order valence-corrected chi connectivity index (χ0v) is 13.7. The first-order chi connectivity index (χ1) is 11.7. The number of halogens is 1. The van der Waals surface area contributed by atoms with Gasteiger partial charge in [-0.25, -0.2) is 9.82 Å². The van der Waals surface area contributed by atoms with Gasteiger partial charge in [0.1, 0.15) is 5.82 Å². The molecule has 2 aromatic carbocycles. The number of carbonyl (C=O) groups is 1. The van der Waals surface area contributed by atoms with Crippen molar-refractivity contribution in [2.45, 2.75) is 25.9 Å². The Balaban J connectivity index is 1.66. The standard InChI is InChI=1S/C19H22FN3O/c1-2-13-7-9-14(10-8-13)18-16(12-22-23-18)19(24)21-11-15-5-3-4-6-17(15)20/h3-10,16,18,22-23H,2,11-12H2,1H3,(H,21,24). The molecule has 3 N–H and O–H groups in total. The molecule has 1 fully saturated rings. The van der Waals surface area contributed by atoms with Crippen LogP contribution < -0.4 is 16.2 Å². The Labute approximate surface area is 141 Å². The molecule has 1 saturated heterocycles. The number of hydrazine groups is 1. The first kappa shape index (κ1) is 16.6. The van der Waals surface area contributed by atoms with Gasteiger partial charge in [-0.3, -0.25) is 10.2 Å². The van der Waals surface area contributed by atoms with Crippen LogP contribution in [0.25, 0.3) is 0 Å². The van der Waals surface area contributed by atoms with Gasteiger partial charge in [0.05, 0.1) is 12.0 Å². The van der Waals surface area contributed by atoms with E-state index in [0.29, 0.717) is 12.1 Å². The summed E-state index contributed by atoms with van der Waals surface area (Å²) in [4.78, 5) is 12.5. The molecule has 2 aromatic rings. The molecule has 0 aromatic heterocycles. The fourth-order valence-corrected chi connectivity index (χ4v) is 2.97. The Morgan fingerprint density at radius 3 is 2.67 bits per heavy atom. The molecule has 1 heterocycles. The lowest BCUT2D eigenvalue weighted by Crippen LogP contribution is -2.34. The summed E-state index contributed by atoms with van der Waals surface area (Å²) in [5.41, 5.74) is 9.06. The second-order valence-electron chi connectivity index (χ2n) is 6.01. The molecule has 1 amide bonds. The topological polar surface area (TPSA) is 53.2 Å². The molecule has 2 unspecified atom stereocenters. The van der Waals surface area contributed by atoms with E-state index in [1.807, 2.05) is 0 Å². The fourth-order valence-electron chi connectivity index (χ4n) is 2.97. The van der Waals surface area contributed by atoms with E-state index in [0.717, 1.165) is 12.0 Å². The van der Waals surface area contributed by atoms with E-state index < -0.39 is 0 Å². The van der Waals surface area contributed by atoms with Crippen molar-refractivity contribution in [3.8, 4) is 0 Å². The summed E-state index contributed by atoms with van der Waals surface area (Å²) in [6.45, 7) is 2.86. The minimum absolute atomic E-state index is 0.0830. The number of amides is 1. The van der Waals surface area contributed by atoms with Crippen LogP contribution in [0.2, 0.25) is 0 Å². The predicted octanol–water partition coefficient (Wildman–Crippen LogP) is 2.47. The molecule has 0 aliphatic carbocycles. The highest BCUT2D eigenvalue weighted by molar-refractivity contribution is 5.80. The Kier molecular flexibility index (Phi) is 5.23. The summed E-state index contributed by atoms with van der Waals surface area (Å²) in [5, 5.41) is 2.85. The van der Waals surface area contributed by atoms with E-state index >= 15 is 0 Å². The number of hydrogen-bond donors (Lipinski definition) is 3. The van der Waals surface area contributed by atoms with Gasteiger partial charge >= 0.3 is 0 Å². The van der Waals surface area contributed by atoms with E-state index in [2.05, 4.69) is 47.4 Å². The average Bonchev–Trinajstić information content (AvgIpc) is 3.10. The van der Waals surface area contributed by atoms with Crippen molar-refractivity contribution in [2.24, 2.45) is 5.92 Å². The number of aryl methyl sites for hydroxylation is 1. The maximum absolute atomic E-state index is 13.7. The molecule has 126 valence electrons. The second-order valence-corrected chi connectivity index (χ2v) is 6.01. The lowest BCUT2D eigenvalue weighted by atomic mass is 9.93. The van der Waals surface area contributed by atoms with Gasteiger partial charge < -0.3 is 5.32 Å².